The van der Waals surface area contributed by atoms with Gasteiger partial charge in [0, 0.05) is 16.3 Å². The molecule has 3 aromatic rings. The highest BCUT2D eigenvalue weighted by Gasteiger charge is 2.11. The lowest BCUT2D eigenvalue weighted by atomic mass is 10.2. The molecule has 3 nitrogen and oxygen atoms in total. The summed E-state index contributed by atoms with van der Waals surface area (Å²) in [5.41, 5.74) is 8.34. The zero-order valence-corrected chi connectivity index (χ0v) is 10.7. The molecule has 0 fully saturated rings. The van der Waals surface area contributed by atoms with E-state index in [1.54, 1.807) is 24.3 Å². The van der Waals surface area contributed by atoms with Crippen LogP contribution < -0.4 is 5.73 Å². The van der Waals surface area contributed by atoms with E-state index in [0.29, 0.717) is 32.7 Å². The number of nitrogens with zero attached hydrogens (tertiary/aromatic N) is 1. The molecule has 5 heteroatoms. The second-order valence-electron chi connectivity index (χ2n) is 3.88. The van der Waals surface area contributed by atoms with E-state index in [4.69, 9.17) is 33.4 Å². The molecule has 3 rings (SSSR count). The molecule has 0 bridgehead atoms. The number of benzene rings is 2. The Balaban J connectivity index is 2.19. The SMILES string of the molecule is Nc1ccc(-c2nc3cc(Cl)cc(Cl)c3o2)cc1. The van der Waals surface area contributed by atoms with Gasteiger partial charge in [-0.05, 0) is 36.4 Å². The molecule has 0 saturated heterocycles. The van der Waals surface area contributed by atoms with E-state index < -0.39 is 0 Å². The number of hydrogen-bond donors (Lipinski definition) is 1. The molecule has 0 amide bonds. The van der Waals surface area contributed by atoms with Gasteiger partial charge in [0.1, 0.15) is 5.52 Å². The second-order valence-corrected chi connectivity index (χ2v) is 4.72. The van der Waals surface area contributed by atoms with Crippen molar-refractivity contribution in [3.63, 3.8) is 0 Å². The van der Waals surface area contributed by atoms with Crippen LogP contribution in [0.2, 0.25) is 10.0 Å². The lowest BCUT2D eigenvalue weighted by molar-refractivity contribution is 0.620. The summed E-state index contributed by atoms with van der Waals surface area (Å²) in [4.78, 5) is 4.36. The number of nitrogens with two attached hydrogens (primary N) is 1. The van der Waals surface area contributed by atoms with Crippen LogP contribution in [0.4, 0.5) is 5.69 Å². The summed E-state index contributed by atoms with van der Waals surface area (Å²) in [6.07, 6.45) is 0. The van der Waals surface area contributed by atoms with Gasteiger partial charge in [0.15, 0.2) is 5.58 Å². The molecule has 1 aromatic heterocycles. The van der Waals surface area contributed by atoms with Crippen LogP contribution in [0.3, 0.4) is 0 Å². The monoisotopic (exact) mass is 278 g/mol. The quantitative estimate of drug-likeness (QED) is 0.672. The van der Waals surface area contributed by atoms with Crippen LogP contribution in [-0.4, -0.2) is 4.98 Å². The van der Waals surface area contributed by atoms with Crippen LogP contribution >= 0.6 is 23.2 Å². The van der Waals surface area contributed by atoms with Crippen molar-refractivity contribution in [3.8, 4) is 11.5 Å². The van der Waals surface area contributed by atoms with E-state index in [1.807, 2.05) is 12.1 Å². The summed E-state index contributed by atoms with van der Waals surface area (Å²) in [7, 11) is 0. The highest BCUT2D eigenvalue weighted by Crippen LogP contribution is 2.31. The van der Waals surface area contributed by atoms with E-state index in [0.717, 1.165) is 5.56 Å². The van der Waals surface area contributed by atoms with Gasteiger partial charge in [-0.25, -0.2) is 4.98 Å². The minimum atomic E-state index is 0.451. The highest BCUT2D eigenvalue weighted by atomic mass is 35.5. The summed E-state index contributed by atoms with van der Waals surface area (Å²) in [5.74, 6) is 0.495. The number of hydrogen-bond acceptors (Lipinski definition) is 3. The van der Waals surface area contributed by atoms with Crippen molar-refractivity contribution >= 4 is 40.0 Å². The average Bonchev–Trinajstić information content (AvgIpc) is 2.74. The molecule has 0 atom stereocenters. The summed E-state index contributed by atoms with van der Waals surface area (Å²) in [6.45, 7) is 0. The Kier molecular flexibility index (Phi) is 2.65. The summed E-state index contributed by atoms with van der Waals surface area (Å²) < 4.78 is 5.64. The Hall–Kier alpha value is -1.71. The predicted molar refractivity (Wildman–Crippen MR) is 73.9 cm³/mol. The molecular weight excluding hydrogens is 271 g/mol. The van der Waals surface area contributed by atoms with Crippen molar-refractivity contribution in [3.05, 3.63) is 46.4 Å². The largest absolute Gasteiger partial charge is 0.435 e. The zero-order chi connectivity index (χ0) is 12.7. The Morgan fingerprint density at radius 2 is 1.78 bits per heavy atom. The molecule has 0 radical (unpaired) electrons. The molecular formula is C13H8Cl2N2O. The summed E-state index contributed by atoms with van der Waals surface area (Å²) >= 11 is 12.0. The third kappa shape index (κ3) is 1.92. The van der Waals surface area contributed by atoms with Gasteiger partial charge in [-0.1, -0.05) is 23.2 Å². The fourth-order valence-corrected chi connectivity index (χ4v) is 2.23. The van der Waals surface area contributed by atoms with Crippen molar-refractivity contribution in [1.29, 1.82) is 0 Å². The van der Waals surface area contributed by atoms with Crippen molar-refractivity contribution in [1.82, 2.24) is 4.98 Å². The van der Waals surface area contributed by atoms with Gasteiger partial charge in [-0.15, -0.1) is 0 Å². The summed E-state index contributed by atoms with van der Waals surface area (Å²) in [5, 5.41) is 0.983. The minimum absolute atomic E-state index is 0.451. The summed E-state index contributed by atoms with van der Waals surface area (Å²) in [6, 6.07) is 10.6. The topological polar surface area (TPSA) is 52.0 Å². The van der Waals surface area contributed by atoms with Crippen LogP contribution in [0, 0.1) is 0 Å². The molecule has 0 saturated carbocycles. The maximum atomic E-state index is 6.05. The first kappa shape index (κ1) is 11.4. The molecule has 0 aliphatic rings. The van der Waals surface area contributed by atoms with E-state index in [1.165, 1.54) is 0 Å². The van der Waals surface area contributed by atoms with E-state index in [-0.39, 0.29) is 0 Å². The standard InChI is InChI=1S/C13H8Cl2N2O/c14-8-5-10(15)12-11(6-8)17-13(18-12)7-1-3-9(16)4-2-7/h1-6H,16H2. The number of aromatic nitrogens is 1. The molecule has 0 aliphatic heterocycles. The van der Waals surface area contributed by atoms with Gasteiger partial charge in [0.2, 0.25) is 5.89 Å². The van der Waals surface area contributed by atoms with Gasteiger partial charge < -0.3 is 10.2 Å². The maximum Gasteiger partial charge on any atom is 0.227 e. The molecule has 0 unspecified atom stereocenters. The van der Waals surface area contributed by atoms with Gasteiger partial charge in [0.25, 0.3) is 0 Å². The number of rotatable bonds is 1. The third-order valence-corrected chi connectivity index (χ3v) is 3.07. The average molecular weight is 279 g/mol. The number of oxazole rings is 1. The number of anilines is 1. The highest BCUT2D eigenvalue weighted by molar-refractivity contribution is 6.38. The molecule has 2 N–H and O–H groups in total. The van der Waals surface area contributed by atoms with Crippen molar-refractivity contribution in [2.75, 3.05) is 5.73 Å². The van der Waals surface area contributed by atoms with Crippen LogP contribution in [0.1, 0.15) is 0 Å². The molecule has 0 aliphatic carbocycles. The number of fused-ring (bicyclic) bond motifs is 1. The van der Waals surface area contributed by atoms with Crippen molar-refractivity contribution in [2.45, 2.75) is 0 Å². The lowest BCUT2D eigenvalue weighted by Gasteiger charge is -1.95. The molecule has 0 spiro atoms. The third-order valence-electron chi connectivity index (χ3n) is 2.57. The normalized spacial score (nSPS) is 11.0. The second kappa shape index (κ2) is 4.19. The van der Waals surface area contributed by atoms with Crippen LogP contribution in [-0.2, 0) is 0 Å². The first-order valence-corrected chi connectivity index (χ1v) is 6.00. The first-order valence-electron chi connectivity index (χ1n) is 5.25. The predicted octanol–water partition coefficient (Wildman–Crippen LogP) is 4.38. The van der Waals surface area contributed by atoms with Crippen LogP contribution in [0.25, 0.3) is 22.6 Å². The maximum absolute atomic E-state index is 6.05. The smallest absolute Gasteiger partial charge is 0.227 e. The van der Waals surface area contributed by atoms with Crippen molar-refractivity contribution < 1.29 is 4.42 Å². The number of halogens is 2. The number of nitrogen functional groups attached to an aromatic ring is 1. The van der Waals surface area contributed by atoms with E-state index in [2.05, 4.69) is 4.98 Å². The molecule has 90 valence electrons. The van der Waals surface area contributed by atoms with Gasteiger partial charge in [0.05, 0.1) is 5.02 Å². The van der Waals surface area contributed by atoms with E-state index >= 15 is 0 Å². The first-order chi connectivity index (χ1) is 8.63. The fourth-order valence-electron chi connectivity index (χ4n) is 1.71. The van der Waals surface area contributed by atoms with Gasteiger partial charge in [-0.2, -0.15) is 0 Å². The van der Waals surface area contributed by atoms with E-state index in [9.17, 15) is 0 Å². The van der Waals surface area contributed by atoms with Gasteiger partial charge in [-0.3, -0.25) is 0 Å². The lowest BCUT2D eigenvalue weighted by Crippen LogP contribution is -1.83. The van der Waals surface area contributed by atoms with Crippen LogP contribution in [0.5, 0.6) is 0 Å². The zero-order valence-electron chi connectivity index (χ0n) is 9.15. The fraction of sp³-hybridized carbons (Fsp3) is 0. The molecule has 2 aromatic carbocycles. The Morgan fingerprint density at radius 3 is 2.50 bits per heavy atom. The molecule has 18 heavy (non-hydrogen) atoms. The Labute approximate surface area is 113 Å². The minimum Gasteiger partial charge on any atom is -0.435 e. The Morgan fingerprint density at radius 1 is 1.06 bits per heavy atom. The van der Waals surface area contributed by atoms with Crippen molar-refractivity contribution in [2.24, 2.45) is 0 Å². The Bertz CT molecular complexity index is 720. The van der Waals surface area contributed by atoms with Crippen LogP contribution in [0.15, 0.2) is 40.8 Å². The van der Waals surface area contributed by atoms with Gasteiger partial charge >= 0.3 is 0 Å². The molecule has 1 heterocycles.